The molecule has 0 heterocycles. The van der Waals surface area contributed by atoms with Crippen molar-refractivity contribution >= 4 is 7.60 Å². The van der Waals surface area contributed by atoms with Crippen LogP contribution in [0.2, 0.25) is 0 Å². The first-order valence-corrected chi connectivity index (χ1v) is 7.57. The molecule has 1 N–H and O–H groups in total. The van der Waals surface area contributed by atoms with Crippen LogP contribution in [0.15, 0.2) is 24.3 Å². The van der Waals surface area contributed by atoms with Gasteiger partial charge in [-0.2, -0.15) is 13.2 Å². The smallest absolute Gasteiger partial charge is 0.324 e. The summed E-state index contributed by atoms with van der Waals surface area (Å²) >= 11 is 0. The number of benzene rings is 1. The highest BCUT2D eigenvalue weighted by Gasteiger charge is 2.35. The lowest BCUT2D eigenvalue weighted by Crippen LogP contribution is -2.11. The summed E-state index contributed by atoms with van der Waals surface area (Å²) in [5.41, 5.74) is -1.14. The van der Waals surface area contributed by atoms with Crippen molar-refractivity contribution in [2.45, 2.75) is 38.7 Å². The number of alkyl halides is 3. The summed E-state index contributed by atoms with van der Waals surface area (Å²) in [7, 11) is -4.08. The van der Waals surface area contributed by atoms with Gasteiger partial charge in [-0.25, -0.2) is 0 Å². The minimum atomic E-state index is -4.55. The fraction of sp³-hybridized carbons (Fsp3) is 0.500. The Labute approximate surface area is 109 Å². The summed E-state index contributed by atoms with van der Waals surface area (Å²) < 4.78 is 54.9. The fourth-order valence-corrected chi connectivity index (χ4v) is 3.04. The maximum Gasteiger partial charge on any atom is 0.416 e. The molecule has 1 aromatic rings. The second-order valence-electron chi connectivity index (χ2n) is 4.27. The molecule has 1 aromatic carbocycles. The minimum absolute atomic E-state index is 0.232. The molecule has 0 bridgehead atoms. The largest absolute Gasteiger partial charge is 0.416 e. The molecule has 2 unspecified atom stereocenters. The molecular formula is C12H16F3O3P. The first-order chi connectivity index (χ1) is 8.65. The molecule has 0 radical (unpaired) electrons. The Morgan fingerprint density at radius 3 is 2.47 bits per heavy atom. The molecule has 0 aliphatic rings. The summed E-state index contributed by atoms with van der Waals surface area (Å²) in [5.74, 6) is 0. The molecule has 0 aliphatic carbocycles. The predicted octanol–water partition coefficient (Wildman–Crippen LogP) is 4.21. The van der Waals surface area contributed by atoms with E-state index in [1.165, 1.54) is 18.2 Å². The Hall–Kier alpha value is -0.840. The number of halogens is 3. The van der Waals surface area contributed by atoms with E-state index in [9.17, 15) is 22.6 Å². The zero-order valence-corrected chi connectivity index (χ0v) is 11.5. The highest BCUT2D eigenvalue weighted by molar-refractivity contribution is 7.52. The van der Waals surface area contributed by atoms with Gasteiger partial charge in [-0.3, -0.25) is 4.57 Å². The third-order valence-electron chi connectivity index (χ3n) is 2.61. The molecule has 7 heteroatoms. The van der Waals surface area contributed by atoms with Crippen molar-refractivity contribution in [3.63, 3.8) is 0 Å². The first-order valence-electron chi connectivity index (χ1n) is 5.81. The minimum Gasteiger partial charge on any atom is -0.324 e. The third-order valence-corrected chi connectivity index (χ3v) is 4.04. The second kappa shape index (κ2) is 6.07. The van der Waals surface area contributed by atoms with Crippen molar-refractivity contribution in [2.24, 2.45) is 0 Å². The lowest BCUT2D eigenvalue weighted by molar-refractivity contribution is -0.138. The van der Waals surface area contributed by atoms with Crippen LogP contribution in [0, 0.1) is 0 Å². The molecule has 0 fully saturated rings. The van der Waals surface area contributed by atoms with Crippen LogP contribution in [0.4, 0.5) is 13.2 Å². The molecule has 0 aliphatic heterocycles. The molecule has 2 atom stereocenters. The van der Waals surface area contributed by atoms with E-state index in [-0.39, 0.29) is 5.56 Å². The lowest BCUT2D eigenvalue weighted by atomic mass is 10.1. The average Bonchev–Trinajstić information content (AvgIpc) is 2.26. The van der Waals surface area contributed by atoms with E-state index in [0.29, 0.717) is 6.42 Å². The fourth-order valence-electron chi connectivity index (χ4n) is 1.54. The van der Waals surface area contributed by atoms with Gasteiger partial charge in [-0.1, -0.05) is 25.1 Å². The first kappa shape index (κ1) is 16.2. The van der Waals surface area contributed by atoms with Gasteiger partial charge in [0.1, 0.15) is 0 Å². The molecule has 0 saturated heterocycles. The van der Waals surface area contributed by atoms with Crippen molar-refractivity contribution in [1.82, 2.24) is 0 Å². The maximum atomic E-state index is 12.7. The maximum absolute atomic E-state index is 12.7. The lowest BCUT2D eigenvalue weighted by Gasteiger charge is -2.19. The highest BCUT2D eigenvalue weighted by Crippen LogP contribution is 2.49. The van der Waals surface area contributed by atoms with Gasteiger partial charge in [0.15, 0.2) is 0 Å². The van der Waals surface area contributed by atoms with E-state index in [2.05, 4.69) is 0 Å². The van der Waals surface area contributed by atoms with Gasteiger partial charge in [0.25, 0.3) is 0 Å². The predicted molar refractivity (Wildman–Crippen MR) is 65.8 cm³/mol. The Bertz CT molecular complexity index is 474. The number of hydrogen-bond acceptors (Lipinski definition) is 2. The van der Waals surface area contributed by atoms with Crippen LogP contribution < -0.4 is 0 Å². The summed E-state index contributed by atoms with van der Waals surface area (Å²) in [6.45, 7) is 3.35. The van der Waals surface area contributed by atoms with Gasteiger partial charge < -0.3 is 9.42 Å². The molecule has 19 heavy (non-hydrogen) atoms. The quantitative estimate of drug-likeness (QED) is 0.828. The van der Waals surface area contributed by atoms with Crippen molar-refractivity contribution < 1.29 is 27.2 Å². The van der Waals surface area contributed by atoms with Crippen molar-refractivity contribution in [3.05, 3.63) is 35.4 Å². The van der Waals surface area contributed by atoms with E-state index in [1.807, 2.05) is 0 Å². The Morgan fingerprint density at radius 1 is 1.37 bits per heavy atom. The zero-order chi connectivity index (χ0) is 14.7. The Morgan fingerprint density at radius 2 is 1.95 bits per heavy atom. The van der Waals surface area contributed by atoms with Crippen LogP contribution in [0.3, 0.4) is 0 Å². The van der Waals surface area contributed by atoms with E-state index in [0.717, 1.165) is 6.07 Å². The monoisotopic (exact) mass is 296 g/mol. The van der Waals surface area contributed by atoms with Gasteiger partial charge in [-0.05, 0) is 25.0 Å². The number of hydrogen-bond donors (Lipinski definition) is 1. The molecule has 0 aromatic heterocycles. The van der Waals surface area contributed by atoms with Gasteiger partial charge in [0, 0.05) is 0 Å². The molecule has 3 nitrogen and oxygen atoms in total. The van der Waals surface area contributed by atoms with Crippen molar-refractivity contribution in [3.8, 4) is 0 Å². The van der Waals surface area contributed by atoms with Gasteiger partial charge in [-0.15, -0.1) is 0 Å². The van der Waals surface area contributed by atoms with Crippen molar-refractivity contribution in [2.75, 3.05) is 0 Å². The molecule has 0 spiro atoms. The zero-order valence-electron chi connectivity index (χ0n) is 10.6. The van der Waals surface area contributed by atoms with Crippen LogP contribution in [-0.2, 0) is 21.4 Å². The van der Waals surface area contributed by atoms with Gasteiger partial charge in [0.05, 0.1) is 17.8 Å². The Kier molecular flexibility index (Phi) is 5.18. The topological polar surface area (TPSA) is 46.5 Å². The van der Waals surface area contributed by atoms with E-state index in [4.69, 9.17) is 4.52 Å². The van der Waals surface area contributed by atoms with Crippen LogP contribution in [0.1, 0.15) is 31.4 Å². The number of rotatable bonds is 5. The molecule has 108 valence electrons. The molecule has 0 saturated carbocycles. The summed E-state index contributed by atoms with van der Waals surface area (Å²) in [6, 6.07) is 4.71. The summed E-state index contributed by atoms with van der Waals surface area (Å²) in [4.78, 5) is 9.63. The van der Waals surface area contributed by atoms with Gasteiger partial charge in [0.2, 0.25) is 0 Å². The highest BCUT2D eigenvalue weighted by atomic mass is 31.2. The average molecular weight is 296 g/mol. The standard InChI is InChI=1S/C12H16F3O3P/c1-3-9(2)18-19(16,17)8-10-6-4-5-7-11(10)12(13,14)15/h4-7,9H,3,8H2,1-2H3,(H,16,17). The normalized spacial score (nSPS) is 16.9. The molecule has 0 amide bonds. The second-order valence-corrected chi connectivity index (χ2v) is 6.08. The van der Waals surface area contributed by atoms with Crippen LogP contribution in [0.25, 0.3) is 0 Å². The SMILES string of the molecule is CCC(C)OP(=O)(O)Cc1ccccc1C(F)(F)F. The summed E-state index contributed by atoms with van der Waals surface area (Å²) in [5, 5.41) is 0. The van der Waals surface area contributed by atoms with Crippen LogP contribution in [0.5, 0.6) is 0 Å². The van der Waals surface area contributed by atoms with E-state index < -0.39 is 31.6 Å². The third kappa shape index (κ3) is 4.97. The van der Waals surface area contributed by atoms with E-state index >= 15 is 0 Å². The van der Waals surface area contributed by atoms with Crippen molar-refractivity contribution in [1.29, 1.82) is 0 Å². The van der Waals surface area contributed by atoms with Crippen LogP contribution in [-0.4, -0.2) is 11.0 Å². The Balaban J connectivity index is 2.97. The molecule has 1 rings (SSSR count). The van der Waals surface area contributed by atoms with Gasteiger partial charge >= 0.3 is 13.8 Å². The van der Waals surface area contributed by atoms with Crippen LogP contribution >= 0.6 is 7.60 Å². The summed E-state index contributed by atoms with van der Waals surface area (Å²) in [6.07, 6.45) is -5.17. The van der Waals surface area contributed by atoms with E-state index in [1.54, 1.807) is 13.8 Å². The molecular weight excluding hydrogens is 280 g/mol.